The lowest BCUT2D eigenvalue weighted by molar-refractivity contribution is 0.137. The number of nitrogens with one attached hydrogen (secondary N) is 1. The van der Waals surface area contributed by atoms with Crippen molar-refractivity contribution in [1.82, 2.24) is 5.32 Å². The molecule has 0 saturated carbocycles. The number of hydrogen-bond acceptors (Lipinski definition) is 3. The van der Waals surface area contributed by atoms with E-state index in [0.29, 0.717) is 25.1 Å². The Hall–Kier alpha value is -0.900. The molecular formula is C17H29NO2. The van der Waals surface area contributed by atoms with Gasteiger partial charge in [0.15, 0.2) is 0 Å². The van der Waals surface area contributed by atoms with Crippen molar-refractivity contribution in [3.05, 3.63) is 35.4 Å². The Kier molecular flexibility index (Phi) is 7.82. The number of methoxy groups -OCH3 is 1. The van der Waals surface area contributed by atoms with Gasteiger partial charge in [-0.1, -0.05) is 45.0 Å². The summed E-state index contributed by atoms with van der Waals surface area (Å²) in [4.78, 5) is 0. The van der Waals surface area contributed by atoms with Crippen LogP contribution in [0.4, 0.5) is 0 Å². The van der Waals surface area contributed by atoms with E-state index in [4.69, 9.17) is 4.74 Å². The maximum absolute atomic E-state index is 10.2. The molecule has 1 rings (SSSR count). The first kappa shape index (κ1) is 17.2. The maximum atomic E-state index is 10.2. The van der Waals surface area contributed by atoms with Crippen LogP contribution in [0.2, 0.25) is 0 Å². The fourth-order valence-corrected chi connectivity index (χ4v) is 2.27. The quantitative estimate of drug-likeness (QED) is 0.730. The Morgan fingerprint density at radius 1 is 1.20 bits per heavy atom. The van der Waals surface area contributed by atoms with E-state index < -0.39 is 6.10 Å². The minimum absolute atomic E-state index is 0.301. The number of benzene rings is 1. The van der Waals surface area contributed by atoms with Gasteiger partial charge in [-0.3, -0.25) is 0 Å². The highest BCUT2D eigenvalue weighted by molar-refractivity contribution is 5.24. The first-order valence-corrected chi connectivity index (χ1v) is 7.56. The summed E-state index contributed by atoms with van der Waals surface area (Å²) in [7, 11) is 1.70. The Bertz CT molecular complexity index is 362. The lowest BCUT2D eigenvalue weighted by Crippen LogP contribution is -2.35. The van der Waals surface area contributed by atoms with Crippen molar-refractivity contribution in [2.75, 3.05) is 20.3 Å². The molecule has 0 bridgehead atoms. The largest absolute Gasteiger partial charge is 0.387 e. The van der Waals surface area contributed by atoms with Crippen LogP contribution >= 0.6 is 0 Å². The van der Waals surface area contributed by atoms with Crippen LogP contribution in [0.1, 0.15) is 44.4 Å². The van der Waals surface area contributed by atoms with Crippen molar-refractivity contribution in [2.45, 2.75) is 45.8 Å². The zero-order chi connectivity index (χ0) is 15.0. The van der Waals surface area contributed by atoms with Gasteiger partial charge >= 0.3 is 0 Å². The molecule has 0 spiro atoms. The van der Waals surface area contributed by atoms with Gasteiger partial charge in [0, 0.05) is 19.7 Å². The second-order valence-electron chi connectivity index (χ2n) is 5.82. The normalized spacial score (nSPS) is 14.5. The highest BCUT2D eigenvalue weighted by Gasteiger charge is 2.11. The predicted molar refractivity (Wildman–Crippen MR) is 83.9 cm³/mol. The molecule has 1 aromatic rings. The van der Waals surface area contributed by atoms with Crippen molar-refractivity contribution in [3.63, 3.8) is 0 Å². The van der Waals surface area contributed by atoms with Crippen LogP contribution in [-0.4, -0.2) is 31.4 Å². The lowest BCUT2D eigenvalue weighted by Gasteiger charge is -2.19. The smallest absolute Gasteiger partial charge is 0.0914 e. The molecule has 114 valence electrons. The molecule has 2 atom stereocenters. The van der Waals surface area contributed by atoms with Crippen LogP contribution in [0.15, 0.2) is 24.3 Å². The third-order valence-electron chi connectivity index (χ3n) is 3.47. The molecule has 0 saturated heterocycles. The highest BCUT2D eigenvalue weighted by Crippen LogP contribution is 2.15. The summed E-state index contributed by atoms with van der Waals surface area (Å²) in [6, 6.07) is 8.59. The van der Waals surface area contributed by atoms with Gasteiger partial charge in [-0.2, -0.15) is 0 Å². The van der Waals surface area contributed by atoms with Gasteiger partial charge in [0.25, 0.3) is 0 Å². The van der Waals surface area contributed by atoms with E-state index in [1.54, 1.807) is 7.11 Å². The molecule has 1 aromatic carbocycles. The van der Waals surface area contributed by atoms with E-state index in [2.05, 4.69) is 38.2 Å². The third kappa shape index (κ3) is 6.04. The summed E-state index contributed by atoms with van der Waals surface area (Å²) in [5, 5.41) is 13.5. The molecule has 0 aromatic heterocycles. The standard InChI is InChI=1S/C17H29NO2/c1-5-16(12-20-4)18-11-17(19)15-8-6-14(7-9-15)10-13(2)3/h6-9,13,16-19H,5,10-12H2,1-4H3. The van der Waals surface area contributed by atoms with Crippen LogP contribution < -0.4 is 5.32 Å². The zero-order valence-electron chi connectivity index (χ0n) is 13.2. The monoisotopic (exact) mass is 279 g/mol. The molecule has 3 nitrogen and oxygen atoms in total. The summed E-state index contributed by atoms with van der Waals surface area (Å²) in [5.41, 5.74) is 2.30. The van der Waals surface area contributed by atoms with Crippen LogP contribution in [0.5, 0.6) is 0 Å². The summed E-state index contributed by atoms with van der Waals surface area (Å²) in [5.74, 6) is 0.659. The molecule has 0 fully saturated rings. The number of rotatable bonds is 9. The Balaban J connectivity index is 2.48. The summed E-state index contributed by atoms with van der Waals surface area (Å²) in [6.45, 7) is 7.78. The molecule has 0 aliphatic heterocycles. The van der Waals surface area contributed by atoms with Gasteiger partial charge in [0.1, 0.15) is 0 Å². The zero-order valence-corrected chi connectivity index (χ0v) is 13.2. The molecule has 2 unspecified atom stereocenters. The predicted octanol–water partition coefficient (Wildman–Crippen LogP) is 2.93. The van der Waals surface area contributed by atoms with Crippen LogP contribution in [0, 0.1) is 5.92 Å². The minimum atomic E-state index is -0.464. The third-order valence-corrected chi connectivity index (χ3v) is 3.47. The van der Waals surface area contributed by atoms with E-state index in [1.165, 1.54) is 5.56 Å². The van der Waals surface area contributed by atoms with E-state index in [0.717, 1.165) is 18.4 Å². The van der Waals surface area contributed by atoms with Crippen molar-refractivity contribution in [2.24, 2.45) is 5.92 Å². The average molecular weight is 279 g/mol. The fourth-order valence-electron chi connectivity index (χ4n) is 2.27. The molecule has 3 heteroatoms. The molecule has 0 radical (unpaired) electrons. The van der Waals surface area contributed by atoms with Gasteiger partial charge in [-0.25, -0.2) is 0 Å². The molecule has 0 aliphatic rings. The van der Waals surface area contributed by atoms with Gasteiger partial charge in [0.05, 0.1) is 12.7 Å². The maximum Gasteiger partial charge on any atom is 0.0914 e. The van der Waals surface area contributed by atoms with Crippen molar-refractivity contribution < 1.29 is 9.84 Å². The van der Waals surface area contributed by atoms with Crippen LogP contribution in [-0.2, 0) is 11.2 Å². The van der Waals surface area contributed by atoms with Crippen molar-refractivity contribution in [1.29, 1.82) is 0 Å². The number of aliphatic hydroxyl groups excluding tert-OH is 1. The first-order chi connectivity index (χ1) is 9.56. The molecule has 0 amide bonds. The van der Waals surface area contributed by atoms with E-state index in [-0.39, 0.29) is 0 Å². The number of ether oxygens (including phenoxy) is 1. The van der Waals surface area contributed by atoms with Gasteiger partial charge in [-0.05, 0) is 29.9 Å². The van der Waals surface area contributed by atoms with Gasteiger partial charge in [0.2, 0.25) is 0 Å². The first-order valence-electron chi connectivity index (χ1n) is 7.56. The second kappa shape index (κ2) is 9.11. The summed E-state index contributed by atoms with van der Waals surface area (Å²) >= 11 is 0. The van der Waals surface area contributed by atoms with Crippen LogP contribution in [0.25, 0.3) is 0 Å². The number of hydrogen-bond donors (Lipinski definition) is 2. The van der Waals surface area contributed by atoms with E-state index >= 15 is 0 Å². The molecule has 0 aliphatic carbocycles. The topological polar surface area (TPSA) is 41.5 Å². The Morgan fingerprint density at radius 2 is 1.85 bits per heavy atom. The molecule has 2 N–H and O–H groups in total. The molecule has 20 heavy (non-hydrogen) atoms. The highest BCUT2D eigenvalue weighted by atomic mass is 16.5. The lowest BCUT2D eigenvalue weighted by atomic mass is 10.00. The van der Waals surface area contributed by atoms with E-state index in [9.17, 15) is 5.11 Å². The number of aliphatic hydroxyl groups is 1. The van der Waals surface area contributed by atoms with Crippen molar-refractivity contribution in [3.8, 4) is 0 Å². The SMILES string of the molecule is CCC(COC)NCC(O)c1ccc(CC(C)C)cc1. The fraction of sp³-hybridized carbons (Fsp3) is 0.647. The minimum Gasteiger partial charge on any atom is -0.387 e. The van der Waals surface area contributed by atoms with Gasteiger partial charge in [-0.15, -0.1) is 0 Å². The summed E-state index contributed by atoms with van der Waals surface area (Å²) < 4.78 is 5.14. The molecular weight excluding hydrogens is 250 g/mol. The average Bonchev–Trinajstić information content (AvgIpc) is 2.43. The second-order valence-corrected chi connectivity index (χ2v) is 5.82. The Morgan fingerprint density at radius 3 is 2.35 bits per heavy atom. The molecule has 0 heterocycles. The Labute approximate surface area is 123 Å². The summed E-state index contributed by atoms with van der Waals surface area (Å²) in [6.07, 6.45) is 1.61. The van der Waals surface area contributed by atoms with Gasteiger partial charge < -0.3 is 15.2 Å². The van der Waals surface area contributed by atoms with Crippen LogP contribution in [0.3, 0.4) is 0 Å². The van der Waals surface area contributed by atoms with Crippen molar-refractivity contribution >= 4 is 0 Å². The van der Waals surface area contributed by atoms with E-state index in [1.807, 2.05) is 12.1 Å².